The summed E-state index contributed by atoms with van der Waals surface area (Å²) in [6.45, 7) is 3.76. The normalized spacial score (nSPS) is 10.1. The molecule has 0 saturated heterocycles. The first kappa shape index (κ1) is 12.9. The quantitative estimate of drug-likeness (QED) is 0.851. The number of allylic oxidation sites excluding steroid dienone is 1. The monoisotopic (exact) mass is 257 g/mol. The van der Waals surface area contributed by atoms with Crippen molar-refractivity contribution in [3.05, 3.63) is 35.9 Å². The third-order valence-corrected chi connectivity index (χ3v) is 2.45. The first-order valence-electron chi connectivity index (χ1n) is 5.85. The van der Waals surface area contributed by atoms with Gasteiger partial charge in [-0.25, -0.2) is 4.68 Å². The van der Waals surface area contributed by atoms with Gasteiger partial charge >= 0.3 is 0 Å². The fourth-order valence-electron chi connectivity index (χ4n) is 1.62. The van der Waals surface area contributed by atoms with E-state index in [2.05, 4.69) is 20.8 Å². The number of benzene rings is 1. The third-order valence-electron chi connectivity index (χ3n) is 2.45. The molecule has 19 heavy (non-hydrogen) atoms. The van der Waals surface area contributed by atoms with Crippen LogP contribution in [0.1, 0.15) is 13.8 Å². The van der Waals surface area contributed by atoms with E-state index in [4.69, 9.17) is 0 Å². The number of rotatable bonds is 3. The molecule has 2 rings (SSSR count). The third kappa shape index (κ3) is 3.25. The summed E-state index contributed by atoms with van der Waals surface area (Å²) in [5.41, 5.74) is 2.59. The predicted octanol–water partition coefficient (Wildman–Crippen LogP) is 1.78. The largest absolute Gasteiger partial charge is 0.323 e. The van der Waals surface area contributed by atoms with Crippen LogP contribution in [0, 0.1) is 0 Å². The molecule has 0 radical (unpaired) electrons. The summed E-state index contributed by atoms with van der Waals surface area (Å²) < 4.78 is 1.59. The Balaban J connectivity index is 2.13. The van der Waals surface area contributed by atoms with Gasteiger partial charge in [-0.05, 0) is 48.5 Å². The summed E-state index contributed by atoms with van der Waals surface area (Å²) >= 11 is 0. The molecular formula is C13H15N5O. The maximum absolute atomic E-state index is 11.6. The minimum atomic E-state index is -0.131. The van der Waals surface area contributed by atoms with Crippen LogP contribution in [0.15, 0.2) is 35.9 Å². The van der Waals surface area contributed by atoms with E-state index < -0.39 is 0 Å². The number of amides is 1. The molecule has 0 fully saturated rings. The van der Waals surface area contributed by atoms with E-state index in [1.54, 1.807) is 17.8 Å². The average Bonchev–Trinajstić information content (AvgIpc) is 2.75. The van der Waals surface area contributed by atoms with E-state index >= 15 is 0 Å². The lowest BCUT2D eigenvalue weighted by Crippen LogP contribution is -2.08. The topological polar surface area (TPSA) is 72.7 Å². The van der Waals surface area contributed by atoms with Gasteiger partial charge in [0.05, 0.1) is 0 Å². The molecule has 6 nitrogen and oxygen atoms in total. The van der Waals surface area contributed by atoms with Crippen molar-refractivity contribution < 1.29 is 4.79 Å². The lowest BCUT2D eigenvalue weighted by molar-refractivity contribution is -0.111. The molecule has 0 saturated carbocycles. The highest BCUT2D eigenvalue weighted by molar-refractivity contribution is 5.99. The maximum atomic E-state index is 11.6. The molecule has 1 aromatic carbocycles. The van der Waals surface area contributed by atoms with Crippen LogP contribution in [-0.2, 0) is 11.8 Å². The highest BCUT2D eigenvalue weighted by atomic mass is 16.1. The summed E-state index contributed by atoms with van der Waals surface area (Å²) in [7, 11) is 1.78. The second kappa shape index (κ2) is 5.43. The Kier molecular flexibility index (Phi) is 3.70. The number of carbonyl (C=O) groups excluding carboxylic acids is 1. The molecule has 1 heterocycles. The minimum absolute atomic E-state index is 0.131. The minimum Gasteiger partial charge on any atom is -0.323 e. The SMILES string of the molecule is CC(C)=CC(=O)Nc1ccc(-c2nnnn2C)cc1. The van der Waals surface area contributed by atoms with E-state index in [1.807, 2.05) is 38.1 Å². The summed E-state index contributed by atoms with van der Waals surface area (Å²) in [4.78, 5) is 11.6. The Morgan fingerprint density at radius 2 is 1.95 bits per heavy atom. The molecule has 0 atom stereocenters. The standard InChI is InChI=1S/C13H15N5O/c1-9(2)8-12(19)14-11-6-4-10(5-7-11)13-15-16-17-18(13)3/h4-8H,1-3H3,(H,14,19). The van der Waals surface area contributed by atoms with E-state index in [1.165, 1.54) is 0 Å². The van der Waals surface area contributed by atoms with Crippen LogP contribution in [0.25, 0.3) is 11.4 Å². The number of aryl methyl sites for hydroxylation is 1. The fourth-order valence-corrected chi connectivity index (χ4v) is 1.62. The molecule has 0 aliphatic carbocycles. The van der Waals surface area contributed by atoms with Crippen molar-refractivity contribution in [2.24, 2.45) is 7.05 Å². The van der Waals surface area contributed by atoms with Crippen LogP contribution in [0.5, 0.6) is 0 Å². The smallest absolute Gasteiger partial charge is 0.248 e. The molecule has 1 aromatic heterocycles. The van der Waals surface area contributed by atoms with Gasteiger partial charge in [0.25, 0.3) is 0 Å². The number of anilines is 1. The number of nitrogens with one attached hydrogen (secondary N) is 1. The van der Waals surface area contributed by atoms with Crippen molar-refractivity contribution >= 4 is 11.6 Å². The zero-order chi connectivity index (χ0) is 13.8. The van der Waals surface area contributed by atoms with Gasteiger partial charge in [0.2, 0.25) is 5.91 Å². The van der Waals surface area contributed by atoms with Crippen molar-refractivity contribution in [3.63, 3.8) is 0 Å². The molecule has 0 unspecified atom stereocenters. The first-order valence-corrected chi connectivity index (χ1v) is 5.85. The van der Waals surface area contributed by atoms with Crippen molar-refractivity contribution in [1.29, 1.82) is 0 Å². The van der Waals surface area contributed by atoms with Crippen molar-refractivity contribution in [1.82, 2.24) is 20.2 Å². The Hall–Kier alpha value is -2.50. The van der Waals surface area contributed by atoms with Crippen LogP contribution in [0.3, 0.4) is 0 Å². The molecule has 0 bridgehead atoms. The molecule has 0 spiro atoms. The summed E-state index contributed by atoms with van der Waals surface area (Å²) in [6, 6.07) is 7.37. The predicted molar refractivity (Wildman–Crippen MR) is 72.3 cm³/mol. The van der Waals surface area contributed by atoms with Crippen LogP contribution in [0.2, 0.25) is 0 Å². The lowest BCUT2D eigenvalue weighted by Gasteiger charge is -2.04. The van der Waals surface area contributed by atoms with Crippen LogP contribution in [0.4, 0.5) is 5.69 Å². The van der Waals surface area contributed by atoms with Gasteiger partial charge in [-0.1, -0.05) is 5.57 Å². The van der Waals surface area contributed by atoms with Gasteiger partial charge in [0, 0.05) is 24.4 Å². The summed E-state index contributed by atoms with van der Waals surface area (Å²) in [5.74, 6) is 0.551. The fraction of sp³-hybridized carbons (Fsp3) is 0.231. The highest BCUT2D eigenvalue weighted by Gasteiger charge is 2.05. The van der Waals surface area contributed by atoms with E-state index in [0.29, 0.717) is 5.82 Å². The number of hydrogen-bond donors (Lipinski definition) is 1. The molecule has 2 aromatic rings. The van der Waals surface area contributed by atoms with E-state index in [9.17, 15) is 4.79 Å². The van der Waals surface area contributed by atoms with E-state index in [-0.39, 0.29) is 5.91 Å². The molecule has 1 N–H and O–H groups in total. The molecular weight excluding hydrogens is 242 g/mol. The van der Waals surface area contributed by atoms with E-state index in [0.717, 1.165) is 16.8 Å². The van der Waals surface area contributed by atoms with Gasteiger partial charge in [-0.15, -0.1) is 5.10 Å². The van der Waals surface area contributed by atoms with Crippen LogP contribution >= 0.6 is 0 Å². The second-order valence-corrected chi connectivity index (χ2v) is 4.41. The van der Waals surface area contributed by atoms with Crippen molar-refractivity contribution in [2.45, 2.75) is 13.8 Å². The van der Waals surface area contributed by atoms with Gasteiger partial charge in [-0.3, -0.25) is 4.79 Å². The number of carbonyl (C=O) groups is 1. The van der Waals surface area contributed by atoms with Crippen LogP contribution in [-0.4, -0.2) is 26.1 Å². The lowest BCUT2D eigenvalue weighted by atomic mass is 10.2. The zero-order valence-electron chi connectivity index (χ0n) is 11.1. The Bertz CT molecular complexity index is 608. The Labute approximate surface area is 111 Å². The molecule has 6 heteroatoms. The van der Waals surface area contributed by atoms with Crippen LogP contribution < -0.4 is 5.32 Å². The number of nitrogens with zero attached hydrogens (tertiary/aromatic N) is 4. The van der Waals surface area contributed by atoms with Gasteiger partial charge in [-0.2, -0.15) is 0 Å². The van der Waals surface area contributed by atoms with Gasteiger partial charge in [0.1, 0.15) is 0 Å². The molecule has 1 amide bonds. The highest BCUT2D eigenvalue weighted by Crippen LogP contribution is 2.18. The second-order valence-electron chi connectivity index (χ2n) is 4.41. The summed E-state index contributed by atoms with van der Waals surface area (Å²) in [6.07, 6.45) is 1.56. The molecule has 0 aliphatic rings. The summed E-state index contributed by atoms with van der Waals surface area (Å²) in [5, 5.41) is 14.1. The molecule has 98 valence electrons. The average molecular weight is 257 g/mol. The Morgan fingerprint density at radius 3 is 2.47 bits per heavy atom. The van der Waals surface area contributed by atoms with Crippen molar-refractivity contribution in [2.75, 3.05) is 5.32 Å². The van der Waals surface area contributed by atoms with Gasteiger partial charge < -0.3 is 5.32 Å². The van der Waals surface area contributed by atoms with Gasteiger partial charge in [0.15, 0.2) is 5.82 Å². The first-order chi connectivity index (χ1) is 9.06. The maximum Gasteiger partial charge on any atom is 0.248 e. The zero-order valence-corrected chi connectivity index (χ0v) is 11.1. The molecule has 0 aliphatic heterocycles. The number of aromatic nitrogens is 4. The number of tetrazole rings is 1. The van der Waals surface area contributed by atoms with Crippen molar-refractivity contribution in [3.8, 4) is 11.4 Å². The Morgan fingerprint density at radius 1 is 1.26 bits per heavy atom. The number of hydrogen-bond acceptors (Lipinski definition) is 4.